The summed E-state index contributed by atoms with van der Waals surface area (Å²) in [6.45, 7) is 2.88. The van der Waals surface area contributed by atoms with Crippen molar-refractivity contribution in [1.29, 1.82) is 0 Å². The average molecular weight is 225 g/mol. The van der Waals surface area contributed by atoms with Crippen molar-refractivity contribution in [1.82, 2.24) is 14.5 Å². The highest BCUT2D eigenvalue weighted by Crippen LogP contribution is 2.16. The molecule has 1 aromatic rings. The fourth-order valence-electron chi connectivity index (χ4n) is 1.62. The molecule has 1 atom stereocenters. The number of nitrogens with zero attached hydrogens (tertiary/aromatic N) is 3. The van der Waals surface area contributed by atoms with Crippen molar-refractivity contribution < 1.29 is 9.59 Å². The highest BCUT2D eigenvalue weighted by molar-refractivity contribution is 7.07. The molecule has 6 heteroatoms. The van der Waals surface area contributed by atoms with Crippen LogP contribution in [0, 0.1) is 5.92 Å². The molecule has 0 spiro atoms. The van der Waals surface area contributed by atoms with Crippen LogP contribution in [-0.2, 0) is 4.79 Å². The summed E-state index contributed by atoms with van der Waals surface area (Å²) in [6, 6.07) is 0. The van der Waals surface area contributed by atoms with Crippen molar-refractivity contribution in [2.24, 2.45) is 5.92 Å². The SMILES string of the molecule is CC1CN(C(=O)c2cnns2)CCC1=O. The molecule has 2 rings (SSSR count). The van der Waals surface area contributed by atoms with Gasteiger partial charge in [0.25, 0.3) is 5.91 Å². The number of carbonyl (C=O) groups is 2. The molecule has 1 unspecified atom stereocenters. The Morgan fingerprint density at radius 2 is 2.47 bits per heavy atom. The summed E-state index contributed by atoms with van der Waals surface area (Å²) < 4.78 is 3.65. The lowest BCUT2D eigenvalue weighted by Crippen LogP contribution is -2.42. The van der Waals surface area contributed by atoms with E-state index in [-0.39, 0.29) is 17.6 Å². The lowest BCUT2D eigenvalue weighted by molar-refractivity contribution is -0.124. The van der Waals surface area contributed by atoms with E-state index in [1.54, 1.807) is 4.90 Å². The number of hydrogen-bond acceptors (Lipinski definition) is 5. The van der Waals surface area contributed by atoms with E-state index < -0.39 is 0 Å². The Labute approximate surface area is 91.3 Å². The molecule has 0 radical (unpaired) electrons. The Kier molecular flexibility index (Phi) is 2.77. The molecule has 1 saturated heterocycles. The summed E-state index contributed by atoms with van der Waals surface area (Å²) in [5, 5.41) is 3.63. The minimum Gasteiger partial charge on any atom is -0.337 e. The van der Waals surface area contributed by atoms with Crippen LogP contribution in [0.1, 0.15) is 23.0 Å². The molecule has 1 aromatic heterocycles. The molecule has 2 heterocycles. The molecule has 1 aliphatic rings. The van der Waals surface area contributed by atoms with E-state index in [4.69, 9.17) is 0 Å². The number of aromatic nitrogens is 2. The summed E-state index contributed by atoms with van der Waals surface area (Å²) in [4.78, 5) is 25.4. The summed E-state index contributed by atoms with van der Waals surface area (Å²) in [5.41, 5.74) is 0. The van der Waals surface area contributed by atoms with Gasteiger partial charge in [0.1, 0.15) is 10.7 Å². The van der Waals surface area contributed by atoms with Gasteiger partial charge in [-0.25, -0.2) is 0 Å². The summed E-state index contributed by atoms with van der Waals surface area (Å²) >= 11 is 1.09. The van der Waals surface area contributed by atoms with E-state index in [1.807, 2.05) is 6.92 Å². The zero-order valence-corrected chi connectivity index (χ0v) is 9.16. The summed E-state index contributed by atoms with van der Waals surface area (Å²) in [5.74, 6) is 0.120. The molecule has 0 aromatic carbocycles. The van der Waals surface area contributed by atoms with Crippen molar-refractivity contribution in [2.75, 3.05) is 13.1 Å². The van der Waals surface area contributed by atoms with Gasteiger partial charge in [0, 0.05) is 25.4 Å². The molecule has 0 N–H and O–H groups in total. The molecule has 1 aliphatic heterocycles. The number of ketones is 1. The van der Waals surface area contributed by atoms with E-state index in [9.17, 15) is 9.59 Å². The van der Waals surface area contributed by atoms with Gasteiger partial charge in [0.2, 0.25) is 0 Å². The highest BCUT2D eigenvalue weighted by Gasteiger charge is 2.27. The zero-order valence-electron chi connectivity index (χ0n) is 8.34. The predicted octanol–water partition coefficient (Wildman–Crippen LogP) is 0.589. The normalized spacial score (nSPS) is 21.8. The zero-order chi connectivity index (χ0) is 10.8. The Morgan fingerprint density at radius 1 is 1.67 bits per heavy atom. The second-order valence-electron chi connectivity index (χ2n) is 3.65. The summed E-state index contributed by atoms with van der Waals surface area (Å²) in [6.07, 6.45) is 1.92. The van der Waals surface area contributed by atoms with E-state index in [1.165, 1.54) is 6.20 Å². The second-order valence-corrected chi connectivity index (χ2v) is 4.44. The molecule has 0 bridgehead atoms. The average Bonchev–Trinajstić information content (AvgIpc) is 2.74. The van der Waals surface area contributed by atoms with Crippen LogP contribution in [0.3, 0.4) is 0 Å². The van der Waals surface area contributed by atoms with Crippen molar-refractivity contribution >= 4 is 23.2 Å². The van der Waals surface area contributed by atoms with E-state index in [2.05, 4.69) is 9.59 Å². The quantitative estimate of drug-likeness (QED) is 0.701. The number of piperidine rings is 1. The maximum absolute atomic E-state index is 11.9. The number of likely N-dealkylation sites (tertiary alicyclic amines) is 1. The van der Waals surface area contributed by atoms with Gasteiger partial charge in [-0.3, -0.25) is 9.59 Å². The van der Waals surface area contributed by atoms with E-state index in [0.717, 1.165) is 11.5 Å². The molecule has 80 valence electrons. The molecule has 1 amide bonds. The fraction of sp³-hybridized carbons (Fsp3) is 0.556. The second kappa shape index (κ2) is 4.06. The number of Topliss-reactive ketones (excluding diaryl/α,β-unsaturated/α-hetero) is 1. The topological polar surface area (TPSA) is 63.2 Å². The molecule has 1 fully saturated rings. The number of rotatable bonds is 1. The smallest absolute Gasteiger partial charge is 0.267 e. The first-order valence-corrected chi connectivity index (χ1v) is 5.55. The third kappa shape index (κ3) is 2.04. The minimum absolute atomic E-state index is 0.0522. The Hall–Kier alpha value is -1.30. The minimum atomic E-state index is -0.0654. The van der Waals surface area contributed by atoms with Gasteiger partial charge in [0.15, 0.2) is 0 Å². The van der Waals surface area contributed by atoms with Crippen molar-refractivity contribution in [3.8, 4) is 0 Å². The van der Waals surface area contributed by atoms with Crippen molar-refractivity contribution in [3.63, 3.8) is 0 Å². The van der Waals surface area contributed by atoms with E-state index in [0.29, 0.717) is 24.4 Å². The molecular formula is C9H11N3O2S. The van der Waals surface area contributed by atoms with Gasteiger partial charge in [-0.15, -0.1) is 5.10 Å². The summed E-state index contributed by atoms with van der Waals surface area (Å²) in [7, 11) is 0. The van der Waals surface area contributed by atoms with Crippen LogP contribution in [0.5, 0.6) is 0 Å². The first-order chi connectivity index (χ1) is 7.18. The number of hydrogen-bond donors (Lipinski definition) is 0. The fourth-order valence-corrected chi connectivity index (χ4v) is 2.10. The monoisotopic (exact) mass is 225 g/mol. The lowest BCUT2D eigenvalue weighted by atomic mass is 9.98. The van der Waals surface area contributed by atoms with Crippen LogP contribution >= 0.6 is 11.5 Å². The largest absolute Gasteiger partial charge is 0.337 e. The Morgan fingerprint density at radius 3 is 3.07 bits per heavy atom. The van der Waals surface area contributed by atoms with Crippen LogP contribution < -0.4 is 0 Å². The van der Waals surface area contributed by atoms with Gasteiger partial charge in [-0.05, 0) is 11.5 Å². The maximum atomic E-state index is 11.9. The van der Waals surface area contributed by atoms with Gasteiger partial charge < -0.3 is 4.90 Å². The highest BCUT2D eigenvalue weighted by atomic mass is 32.1. The van der Waals surface area contributed by atoms with Crippen LogP contribution in [0.25, 0.3) is 0 Å². The Balaban J connectivity index is 2.06. The molecule has 5 nitrogen and oxygen atoms in total. The third-order valence-electron chi connectivity index (χ3n) is 2.53. The third-order valence-corrected chi connectivity index (χ3v) is 3.18. The van der Waals surface area contributed by atoms with Crippen LogP contribution in [0.4, 0.5) is 0 Å². The van der Waals surface area contributed by atoms with Crippen LogP contribution in [0.2, 0.25) is 0 Å². The van der Waals surface area contributed by atoms with Gasteiger partial charge in [0.05, 0.1) is 6.20 Å². The molecular weight excluding hydrogens is 214 g/mol. The standard InChI is InChI=1S/C9H11N3O2S/c1-6-5-12(3-2-7(6)13)9(14)8-4-10-11-15-8/h4,6H,2-3,5H2,1H3. The molecule has 0 saturated carbocycles. The first-order valence-electron chi connectivity index (χ1n) is 4.78. The molecule has 15 heavy (non-hydrogen) atoms. The Bertz CT molecular complexity index is 377. The first kappa shape index (κ1) is 10.2. The van der Waals surface area contributed by atoms with Crippen molar-refractivity contribution in [3.05, 3.63) is 11.1 Å². The van der Waals surface area contributed by atoms with Crippen LogP contribution in [-0.4, -0.2) is 39.3 Å². The molecule has 0 aliphatic carbocycles. The van der Waals surface area contributed by atoms with E-state index >= 15 is 0 Å². The number of carbonyl (C=O) groups excluding carboxylic acids is 2. The number of amides is 1. The van der Waals surface area contributed by atoms with Crippen LogP contribution in [0.15, 0.2) is 6.20 Å². The lowest BCUT2D eigenvalue weighted by Gasteiger charge is -2.29. The van der Waals surface area contributed by atoms with Gasteiger partial charge in [-0.2, -0.15) is 0 Å². The predicted molar refractivity (Wildman–Crippen MR) is 54.6 cm³/mol. The van der Waals surface area contributed by atoms with Gasteiger partial charge in [-0.1, -0.05) is 11.4 Å². The maximum Gasteiger partial charge on any atom is 0.267 e. The van der Waals surface area contributed by atoms with Crippen molar-refractivity contribution in [2.45, 2.75) is 13.3 Å². The van der Waals surface area contributed by atoms with Gasteiger partial charge >= 0.3 is 0 Å².